The van der Waals surface area contributed by atoms with Gasteiger partial charge in [-0.15, -0.1) is 0 Å². The lowest BCUT2D eigenvalue weighted by Crippen LogP contribution is -2.41. The summed E-state index contributed by atoms with van der Waals surface area (Å²) in [6, 6.07) is 17.2. The van der Waals surface area contributed by atoms with Crippen LogP contribution in [-0.4, -0.2) is 11.1 Å². The van der Waals surface area contributed by atoms with Gasteiger partial charge in [0.05, 0.1) is 16.8 Å². The van der Waals surface area contributed by atoms with Gasteiger partial charge in [-0.25, -0.2) is 9.78 Å². The van der Waals surface area contributed by atoms with Crippen LogP contribution in [0, 0.1) is 0 Å². The van der Waals surface area contributed by atoms with E-state index in [1.807, 2.05) is 30.3 Å². The van der Waals surface area contributed by atoms with E-state index in [1.54, 1.807) is 26.0 Å². The number of alkyl carbamates (subject to hydrolysis) is 1. The summed E-state index contributed by atoms with van der Waals surface area (Å²) in [5.74, 6) is 0. The predicted molar refractivity (Wildman–Crippen MR) is 112 cm³/mol. The van der Waals surface area contributed by atoms with Crippen LogP contribution in [0.2, 0.25) is 5.15 Å². The molecule has 1 amide bonds. The van der Waals surface area contributed by atoms with Crippen LogP contribution in [0.15, 0.2) is 66.7 Å². The number of nitrogens with one attached hydrogen (secondary N) is 1. The molecule has 0 saturated carbocycles. The van der Waals surface area contributed by atoms with E-state index in [4.69, 9.17) is 16.3 Å². The normalized spacial score (nSPS) is 11.8. The lowest BCUT2D eigenvalue weighted by Gasteiger charge is -2.27. The zero-order chi connectivity index (χ0) is 22.6. The fraction of sp³-hybridized carbons (Fsp3) is 0.217. The summed E-state index contributed by atoms with van der Waals surface area (Å²) in [6.07, 6.45) is -5.03. The highest BCUT2D eigenvalue weighted by molar-refractivity contribution is 6.29. The Hall–Kier alpha value is -3.06. The second kappa shape index (κ2) is 8.98. The first-order chi connectivity index (χ1) is 14.5. The van der Waals surface area contributed by atoms with Crippen molar-refractivity contribution < 1.29 is 22.7 Å². The molecule has 0 spiro atoms. The largest absolute Gasteiger partial charge is 0.445 e. The van der Waals surface area contributed by atoms with Crippen molar-refractivity contribution in [1.82, 2.24) is 10.3 Å². The number of halogens is 4. The van der Waals surface area contributed by atoms with Crippen molar-refractivity contribution in [2.24, 2.45) is 0 Å². The Morgan fingerprint density at radius 2 is 1.65 bits per heavy atom. The third-order valence-corrected chi connectivity index (χ3v) is 4.84. The number of rotatable bonds is 5. The van der Waals surface area contributed by atoms with E-state index >= 15 is 0 Å². The molecule has 0 aliphatic rings. The van der Waals surface area contributed by atoms with Gasteiger partial charge in [0.15, 0.2) is 0 Å². The molecule has 1 aromatic heterocycles. The van der Waals surface area contributed by atoms with E-state index in [0.29, 0.717) is 16.8 Å². The van der Waals surface area contributed by atoms with E-state index in [2.05, 4.69) is 10.3 Å². The number of pyridine rings is 1. The van der Waals surface area contributed by atoms with Crippen molar-refractivity contribution in [2.75, 3.05) is 0 Å². The summed E-state index contributed by atoms with van der Waals surface area (Å²) in [5.41, 5.74) is 0.719. The van der Waals surface area contributed by atoms with Gasteiger partial charge in [-0.1, -0.05) is 54.1 Å². The molecule has 162 valence electrons. The van der Waals surface area contributed by atoms with E-state index in [0.717, 1.165) is 17.7 Å². The number of amides is 1. The van der Waals surface area contributed by atoms with Gasteiger partial charge in [-0.3, -0.25) is 0 Å². The van der Waals surface area contributed by atoms with Crippen molar-refractivity contribution in [3.05, 3.63) is 88.6 Å². The number of hydrogen-bond donors (Lipinski definition) is 1. The first-order valence-electron chi connectivity index (χ1n) is 9.39. The van der Waals surface area contributed by atoms with Crippen molar-refractivity contribution >= 4 is 17.7 Å². The highest BCUT2D eigenvalue weighted by Gasteiger charge is 2.30. The Labute approximate surface area is 183 Å². The Morgan fingerprint density at radius 3 is 2.26 bits per heavy atom. The molecule has 1 heterocycles. The van der Waals surface area contributed by atoms with Gasteiger partial charge in [-0.05, 0) is 49.2 Å². The van der Waals surface area contributed by atoms with Crippen LogP contribution in [0.25, 0.3) is 11.3 Å². The van der Waals surface area contributed by atoms with Crippen molar-refractivity contribution in [1.29, 1.82) is 0 Å². The van der Waals surface area contributed by atoms with E-state index < -0.39 is 23.4 Å². The SMILES string of the molecule is CC(C)(NC(=O)OCc1ccccc1)c1cc(Cl)nc(-c2ccc(C(F)(F)F)cc2)c1. The molecule has 0 atom stereocenters. The second-order valence-corrected chi connectivity index (χ2v) is 7.84. The highest BCUT2D eigenvalue weighted by atomic mass is 35.5. The summed E-state index contributed by atoms with van der Waals surface area (Å²) >= 11 is 6.15. The standard InChI is InChI=1S/C23H20ClF3N2O2/c1-22(2,29-21(30)31-14-15-6-4-3-5-7-15)18-12-19(28-20(24)13-18)16-8-10-17(11-9-16)23(25,26)27/h3-13H,14H2,1-2H3,(H,29,30). The minimum absolute atomic E-state index is 0.122. The van der Waals surface area contributed by atoms with Crippen LogP contribution in [0.5, 0.6) is 0 Å². The lowest BCUT2D eigenvalue weighted by molar-refractivity contribution is -0.137. The number of hydrogen-bond acceptors (Lipinski definition) is 3. The van der Waals surface area contributed by atoms with E-state index in [-0.39, 0.29) is 11.8 Å². The summed E-state index contributed by atoms with van der Waals surface area (Å²) < 4.78 is 43.7. The van der Waals surface area contributed by atoms with Gasteiger partial charge in [-0.2, -0.15) is 13.2 Å². The number of ether oxygens (including phenoxy) is 1. The number of nitrogens with zero attached hydrogens (tertiary/aromatic N) is 1. The molecule has 0 saturated heterocycles. The van der Waals surface area contributed by atoms with Crippen LogP contribution < -0.4 is 5.32 Å². The van der Waals surface area contributed by atoms with Crippen LogP contribution in [0.3, 0.4) is 0 Å². The summed E-state index contributed by atoms with van der Waals surface area (Å²) in [6.45, 7) is 3.65. The predicted octanol–water partition coefficient (Wildman–Crippen LogP) is 6.58. The zero-order valence-electron chi connectivity index (χ0n) is 16.8. The number of alkyl halides is 3. The molecular formula is C23H20ClF3N2O2. The Bertz CT molecular complexity index is 1050. The van der Waals surface area contributed by atoms with Crippen LogP contribution in [0.4, 0.5) is 18.0 Å². The topological polar surface area (TPSA) is 51.2 Å². The Balaban J connectivity index is 1.77. The van der Waals surface area contributed by atoms with Crippen LogP contribution in [0.1, 0.15) is 30.5 Å². The third kappa shape index (κ3) is 5.98. The zero-order valence-corrected chi connectivity index (χ0v) is 17.6. The summed E-state index contributed by atoms with van der Waals surface area (Å²) in [7, 11) is 0. The molecule has 4 nitrogen and oxygen atoms in total. The third-order valence-electron chi connectivity index (χ3n) is 4.65. The molecule has 3 rings (SSSR count). The number of carbonyl (C=O) groups excluding carboxylic acids is 1. The maximum absolute atomic E-state index is 12.8. The van der Waals surface area contributed by atoms with Crippen LogP contribution >= 0.6 is 11.6 Å². The van der Waals surface area contributed by atoms with Crippen molar-refractivity contribution in [2.45, 2.75) is 32.2 Å². The summed E-state index contributed by atoms with van der Waals surface area (Å²) in [4.78, 5) is 16.5. The van der Waals surface area contributed by atoms with Gasteiger partial charge in [0.2, 0.25) is 0 Å². The minimum Gasteiger partial charge on any atom is -0.445 e. The fourth-order valence-corrected chi connectivity index (χ4v) is 3.13. The quantitative estimate of drug-likeness (QED) is 0.448. The van der Waals surface area contributed by atoms with Gasteiger partial charge in [0.1, 0.15) is 11.8 Å². The van der Waals surface area contributed by atoms with E-state index in [9.17, 15) is 18.0 Å². The molecule has 31 heavy (non-hydrogen) atoms. The molecule has 0 radical (unpaired) electrons. The monoisotopic (exact) mass is 448 g/mol. The van der Waals surface area contributed by atoms with Gasteiger partial charge in [0.25, 0.3) is 0 Å². The number of carbonyl (C=O) groups is 1. The molecule has 0 aliphatic heterocycles. The first kappa shape index (κ1) is 22.6. The number of aromatic nitrogens is 1. The van der Waals surface area contributed by atoms with E-state index in [1.165, 1.54) is 12.1 Å². The Kier molecular flexibility index (Phi) is 6.55. The first-order valence-corrected chi connectivity index (χ1v) is 9.77. The van der Waals surface area contributed by atoms with Gasteiger partial charge >= 0.3 is 12.3 Å². The average molecular weight is 449 g/mol. The maximum atomic E-state index is 12.8. The molecule has 3 aromatic rings. The smallest absolute Gasteiger partial charge is 0.416 e. The summed E-state index contributed by atoms with van der Waals surface area (Å²) in [5, 5.41) is 2.93. The molecule has 0 fully saturated rings. The molecule has 2 aromatic carbocycles. The molecule has 0 aliphatic carbocycles. The molecule has 8 heteroatoms. The molecule has 1 N–H and O–H groups in total. The minimum atomic E-state index is -4.42. The molecular weight excluding hydrogens is 429 g/mol. The van der Waals surface area contributed by atoms with Gasteiger partial charge in [0, 0.05) is 5.56 Å². The molecule has 0 unspecified atom stereocenters. The number of benzene rings is 2. The maximum Gasteiger partial charge on any atom is 0.416 e. The second-order valence-electron chi connectivity index (χ2n) is 7.45. The van der Waals surface area contributed by atoms with Gasteiger partial charge < -0.3 is 10.1 Å². The van der Waals surface area contributed by atoms with Crippen molar-refractivity contribution in [3.63, 3.8) is 0 Å². The van der Waals surface area contributed by atoms with Crippen LogP contribution in [-0.2, 0) is 23.1 Å². The average Bonchev–Trinajstić information content (AvgIpc) is 2.72. The lowest BCUT2D eigenvalue weighted by atomic mass is 9.93. The fourth-order valence-electron chi connectivity index (χ4n) is 2.92. The Morgan fingerprint density at radius 1 is 1.00 bits per heavy atom. The van der Waals surface area contributed by atoms with Crippen molar-refractivity contribution in [3.8, 4) is 11.3 Å². The highest BCUT2D eigenvalue weighted by Crippen LogP contribution is 2.32. The molecule has 0 bridgehead atoms.